The minimum absolute atomic E-state index is 0.0204. The first-order valence-electron chi connectivity index (χ1n) is 7.27. The van der Waals surface area contributed by atoms with Gasteiger partial charge in [0.05, 0.1) is 21.0 Å². The van der Waals surface area contributed by atoms with E-state index in [0.717, 1.165) is 0 Å². The second-order valence-corrected chi connectivity index (χ2v) is 5.62. The monoisotopic (exact) mass is 354 g/mol. The van der Waals surface area contributed by atoms with Crippen molar-refractivity contribution in [3.8, 4) is 22.3 Å². The largest absolute Gasteiger partial charge is 0.295 e. The first-order valence-corrected chi connectivity index (χ1v) is 7.64. The zero-order valence-corrected chi connectivity index (χ0v) is 13.5. The molecule has 0 aliphatic carbocycles. The van der Waals surface area contributed by atoms with Gasteiger partial charge in [-0.15, -0.1) is 0 Å². The molecule has 6 nitrogen and oxygen atoms in total. The van der Waals surface area contributed by atoms with Gasteiger partial charge in [-0.05, 0) is 17.7 Å². The van der Waals surface area contributed by atoms with Gasteiger partial charge in [-0.3, -0.25) is 20.2 Å². The highest BCUT2D eigenvalue weighted by molar-refractivity contribution is 6.33. The smallest absolute Gasteiger partial charge is 0.258 e. The molecule has 0 spiro atoms. The Morgan fingerprint density at radius 2 is 1.36 bits per heavy atom. The molecule has 0 atom stereocenters. The van der Waals surface area contributed by atoms with Crippen molar-refractivity contribution in [2.75, 3.05) is 0 Å². The third kappa shape index (κ3) is 3.07. The van der Waals surface area contributed by atoms with Crippen LogP contribution in [0.1, 0.15) is 0 Å². The first kappa shape index (κ1) is 16.6. The minimum Gasteiger partial charge on any atom is -0.258 e. The second kappa shape index (κ2) is 6.70. The van der Waals surface area contributed by atoms with Crippen LogP contribution in [0.15, 0.2) is 66.7 Å². The Morgan fingerprint density at radius 3 is 2.00 bits per heavy atom. The van der Waals surface area contributed by atoms with E-state index in [-0.39, 0.29) is 22.0 Å². The average Bonchev–Trinajstić information content (AvgIpc) is 2.61. The summed E-state index contributed by atoms with van der Waals surface area (Å²) in [5.74, 6) is 0. The van der Waals surface area contributed by atoms with Gasteiger partial charge in [-0.2, -0.15) is 0 Å². The molecule has 3 aromatic carbocycles. The molecule has 0 heterocycles. The van der Waals surface area contributed by atoms with Gasteiger partial charge in [-0.1, -0.05) is 60.1 Å². The molecule has 0 fully saturated rings. The lowest BCUT2D eigenvalue weighted by Crippen LogP contribution is -1.98. The van der Waals surface area contributed by atoms with Crippen LogP contribution in [0.2, 0.25) is 5.02 Å². The first-order chi connectivity index (χ1) is 12.0. The van der Waals surface area contributed by atoms with Crippen molar-refractivity contribution >= 4 is 23.0 Å². The average molecular weight is 355 g/mol. The van der Waals surface area contributed by atoms with E-state index in [1.54, 1.807) is 42.5 Å². The summed E-state index contributed by atoms with van der Waals surface area (Å²) in [7, 11) is 0. The molecular formula is C18H11ClN2O4. The number of benzene rings is 3. The number of nitro benzene ring substituents is 2. The van der Waals surface area contributed by atoms with Crippen LogP contribution in [0, 0.1) is 20.2 Å². The molecule has 0 saturated carbocycles. The molecule has 0 unspecified atom stereocenters. The minimum atomic E-state index is -0.578. The molecule has 25 heavy (non-hydrogen) atoms. The molecule has 3 aromatic rings. The summed E-state index contributed by atoms with van der Waals surface area (Å²) >= 11 is 6.00. The highest BCUT2D eigenvalue weighted by Crippen LogP contribution is 2.43. The van der Waals surface area contributed by atoms with Crippen molar-refractivity contribution < 1.29 is 9.85 Å². The molecule has 0 bridgehead atoms. The van der Waals surface area contributed by atoms with Crippen LogP contribution >= 0.6 is 11.6 Å². The predicted octanol–water partition coefficient (Wildman–Crippen LogP) is 5.49. The van der Waals surface area contributed by atoms with Crippen LogP contribution in [-0.2, 0) is 0 Å². The molecule has 3 rings (SSSR count). The Labute approximate surface area is 147 Å². The molecule has 0 aromatic heterocycles. The van der Waals surface area contributed by atoms with E-state index in [2.05, 4.69) is 0 Å². The number of rotatable bonds is 4. The van der Waals surface area contributed by atoms with E-state index in [0.29, 0.717) is 16.7 Å². The summed E-state index contributed by atoms with van der Waals surface area (Å²) in [6.45, 7) is 0. The summed E-state index contributed by atoms with van der Waals surface area (Å²) < 4.78 is 0. The van der Waals surface area contributed by atoms with Gasteiger partial charge in [-0.25, -0.2) is 0 Å². The van der Waals surface area contributed by atoms with Gasteiger partial charge in [0.2, 0.25) is 0 Å². The Bertz CT molecular complexity index is 974. The quantitative estimate of drug-likeness (QED) is 0.457. The molecule has 0 N–H and O–H groups in total. The standard InChI is InChI=1S/C18H11ClN2O4/c19-15-10-4-9-14(18(15)21(24)25)13-8-5-11-16(20(22)23)17(13)12-6-2-1-3-7-12/h1-11H. The Balaban J connectivity index is 2.40. The fourth-order valence-corrected chi connectivity index (χ4v) is 2.99. The summed E-state index contributed by atoms with van der Waals surface area (Å²) in [5.41, 5.74) is 1.13. The Morgan fingerprint density at radius 1 is 0.720 bits per heavy atom. The fraction of sp³-hybridized carbons (Fsp3) is 0. The van der Waals surface area contributed by atoms with Crippen molar-refractivity contribution in [2.24, 2.45) is 0 Å². The number of hydrogen-bond donors (Lipinski definition) is 0. The van der Waals surface area contributed by atoms with Gasteiger partial charge >= 0.3 is 0 Å². The topological polar surface area (TPSA) is 86.3 Å². The third-order valence-electron chi connectivity index (χ3n) is 3.76. The van der Waals surface area contributed by atoms with Crippen LogP contribution in [0.4, 0.5) is 11.4 Å². The van der Waals surface area contributed by atoms with Crippen molar-refractivity contribution in [1.29, 1.82) is 0 Å². The fourth-order valence-electron chi connectivity index (χ4n) is 2.74. The molecule has 0 saturated heterocycles. The molecule has 0 aliphatic rings. The zero-order valence-electron chi connectivity index (χ0n) is 12.8. The Kier molecular flexibility index (Phi) is 4.45. The van der Waals surface area contributed by atoms with Crippen LogP contribution in [0.25, 0.3) is 22.3 Å². The lowest BCUT2D eigenvalue weighted by atomic mass is 9.92. The number of hydrogen-bond acceptors (Lipinski definition) is 4. The number of para-hydroxylation sites is 1. The van der Waals surface area contributed by atoms with Crippen LogP contribution in [-0.4, -0.2) is 9.85 Å². The Hall–Kier alpha value is -3.25. The van der Waals surface area contributed by atoms with Crippen molar-refractivity contribution in [3.05, 3.63) is 92.0 Å². The maximum atomic E-state index is 11.5. The summed E-state index contributed by atoms with van der Waals surface area (Å²) in [6, 6.07) is 17.8. The maximum absolute atomic E-state index is 11.5. The van der Waals surface area contributed by atoms with Gasteiger partial charge in [0.15, 0.2) is 0 Å². The normalized spacial score (nSPS) is 10.4. The highest BCUT2D eigenvalue weighted by Gasteiger charge is 2.26. The van der Waals surface area contributed by atoms with Crippen molar-refractivity contribution in [3.63, 3.8) is 0 Å². The molecule has 0 aliphatic heterocycles. The van der Waals surface area contributed by atoms with Crippen molar-refractivity contribution in [1.82, 2.24) is 0 Å². The van der Waals surface area contributed by atoms with E-state index >= 15 is 0 Å². The highest BCUT2D eigenvalue weighted by atomic mass is 35.5. The number of nitro groups is 2. The SMILES string of the molecule is O=[N+]([O-])c1cccc(-c2cccc(Cl)c2[N+](=O)[O-])c1-c1ccccc1. The number of halogens is 1. The maximum Gasteiger partial charge on any atom is 0.295 e. The predicted molar refractivity (Wildman–Crippen MR) is 95.6 cm³/mol. The zero-order chi connectivity index (χ0) is 18.0. The van der Waals surface area contributed by atoms with Crippen molar-refractivity contribution in [2.45, 2.75) is 0 Å². The molecule has 7 heteroatoms. The molecule has 124 valence electrons. The number of nitrogens with zero attached hydrogens (tertiary/aromatic N) is 2. The summed E-state index contributed by atoms with van der Waals surface area (Å²) in [6.07, 6.45) is 0. The van der Waals surface area contributed by atoms with E-state index in [1.165, 1.54) is 24.3 Å². The van der Waals surface area contributed by atoms with E-state index in [1.807, 2.05) is 0 Å². The van der Waals surface area contributed by atoms with Crippen LogP contribution < -0.4 is 0 Å². The summed E-state index contributed by atoms with van der Waals surface area (Å²) in [5, 5.41) is 23.0. The summed E-state index contributed by atoms with van der Waals surface area (Å²) in [4.78, 5) is 21.9. The lowest BCUT2D eigenvalue weighted by Gasteiger charge is -2.11. The van der Waals surface area contributed by atoms with E-state index in [4.69, 9.17) is 11.6 Å². The van der Waals surface area contributed by atoms with Gasteiger partial charge in [0, 0.05) is 11.6 Å². The second-order valence-electron chi connectivity index (χ2n) is 5.22. The van der Waals surface area contributed by atoms with E-state index < -0.39 is 9.85 Å². The van der Waals surface area contributed by atoms with Crippen LogP contribution in [0.5, 0.6) is 0 Å². The lowest BCUT2D eigenvalue weighted by molar-refractivity contribution is -0.384. The van der Waals surface area contributed by atoms with E-state index in [9.17, 15) is 20.2 Å². The van der Waals surface area contributed by atoms with Gasteiger partial charge in [0.25, 0.3) is 11.4 Å². The third-order valence-corrected chi connectivity index (χ3v) is 4.07. The van der Waals surface area contributed by atoms with Crippen LogP contribution in [0.3, 0.4) is 0 Å². The van der Waals surface area contributed by atoms with Gasteiger partial charge in [0.1, 0.15) is 5.02 Å². The molecule has 0 radical (unpaired) electrons. The molecule has 0 amide bonds. The molecular weight excluding hydrogens is 344 g/mol. The van der Waals surface area contributed by atoms with Gasteiger partial charge < -0.3 is 0 Å².